The summed E-state index contributed by atoms with van der Waals surface area (Å²) in [7, 11) is -3.59. The van der Waals surface area contributed by atoms with E-state index >= 15 is 0 Å². The van der Waals surface area contributed by atoms with E-state index in [4.69, 9.17) is 5.53 Å². The predicted octanol–water partition coefficient (Wildman–Crippen LogP) is 1.66. The Kier molecular flexibility index (Phi) is 2.66. The maximum absolute atomic E-state index is 12.4. The van der Waals surface area contributed by atoms with E-state index in [2.05, 4.69) is 23.9 Å². The highest BCUT2D eigenvalue weighted by atomic mass is 32.2. The van der Waals surface area contributed by atoms with Gasteiger partial charge in [-0.1, -0.05) is 19.0 Å². The molecule has 20 heavy (non-hydrogen) atoms. The molecule has 0 N–H and O–H groups in total. The van der Waals surface area contributed by atoms with Gasteiger partial charge in [0.05, 0.1) is 11.8 Å². The molecule has 3 fully saturated rings. The normalized spacial score (nSPS) is 39.4. The van der Waals surface area contributed by atoms with E-state index in [1.54, 1.807) is 0 Å². The summed E-state index contributed by atoms with van der Waals surface area (Å²) in [5.74, 6) is -0.0679. The summed E-state index contributed by atoms with van der Waals surface area (Å²) < 4.78 is 25.9. The summed E-state index contributed by atoms with van der Waals surface area (Å²) in [4.78, 5) is 14.7. The molecule has 0 aromatic heterocycles. The van der Waals surface area contributed by atoms with E-state index < -0.39 is 22.5 Å². The molecule has 3 rings (SSSR count). The van der Waals surface area contributed by atoms with Crippen molar-refractivity contribution in [3.05, 3.63) is 10.4 Å². The lowest BCUT2D eigenvalue weighted by atomic mass is 9.69. The van der Waals surface area contributed by atoms with Crippen LogP contribution in [0.1, 0.15) is 33.1 Å². The number of sulfonamides is 1. The first-order chi connectivity index (χ1) is 9.26. The van der Waals surface area contributed by atoms with Gasteiger partial charge in [-0.25, -0.2) is 12.7 Å². The van der Waals surface area contributed by atoms with Crippen molar-refractivity contribution >= 4 is 15.9 Å². The SMILES string of the molecule is CC1(C)C2CC[C@@]13CS(=O)(=O)N(C(=O)CN=[N+]=[N-])[C@H]3C2. The molecule has 110 valence electrons. The Morgan fingerprint density at radius 3 is 2.80 bits per heavy atom. The highest BCUT2D eigenvalue weighted by Gasteiger charge is 2.72. The molecule has 8 heteroatoms. The molecule has 1 heterocycles. The third-order valence-corrected chi connectivity index (χ3v) is 7.86. The number of nitrogens with zero attached hydrogens (tertiary/aromatic N) is 4. The monoisotopic (exact) mass is 298 g/mol. The van der Waals surface area contributed by atoms with Crippen molar-refractivity contribution in [1.82, 2.24) is 4.31 Å². The summed E-state index contributed by atoms with van der Waals surface area (Å²) in [6, 6.07) is -0.248. The molecule has 1 spiro atoms. The molecule has 1 unspecified atom stereocenters. The van der Waals surface area contributed by atoms with Crippen molar-refractivity contribution in [3.63, 3.8) is 0 Å². The van der Waals surface area contributed by atoms with Crippen molar-refractivity contribution in [2.75, 3.05) is 12.3 Å². The summed E-state index contributed by atoms with van der Waals surface area (Å²) in [6.07, 6.45) is 2.64. The Labute approximate surface area is 118 Å². The first-order valence-corrected chi connectivity index (χ1v) is 8.43. The second-order valence-electron chi connectivity index (χ2n) is 6.70. The minimum atomic E-state index is -3.59. The van der Waals surface area contributed by atoms with E-state index in [0.29, 0.717) is 5.92 Å². The zero-order chi connectivity index (χ0) is 14.8. The molecular formula is C12H18N4O3S. The fraction of sp³-hybridized carbons (Fsp3) is 0.917. The van der Waals surface area contributed by atoms with Crippen molar-refractivity contribution in [2.45, 2.75) is 39.2 Å². The molecule has 3 aliphatic rings. The number of hydrogen-bond acceptors (Lipinski definition) is 4. The van der Waals surface area contributed by atoms with E-state index in [9.17, 15) is 13.2 Å². The third kappa shape index (κ3) is 1.43. The lowest BCUT2D eigenvalue weighted by molar-refractivity contribution is -0.127. The minimum absolute atomic E-state index is 0.0518. The minimum Gasteiger partial charge on any atom is -0.274 e. The maximum Gasteiger partial charge on any atom is 0.242 e. The zero-order valence-corrected chi connectivity index (χ0v) is 12.4. The quantitative estimate of drug-likeness (QED) is 0.440. The number of hydrogen-bond donors (Lipinski definition) is 0. The van der Waals surface area contributed by atoms with Crippen LogP contribution < -0.4 is 0 Å². The Balaban J connectivity index is 2.02. The summed E-state index contributed by atoms with van der Waals surface area (Å²) >= 11 is 0. The highest BCUT2D eigenvalue weighted by molar-refractivity contribution is 7.90. The van der Waals surface area contributed by atoms with Gasteiger partial charge in [-0.05, 0) is 36.1 Å². The van der Waals surface area contributed by atoms with Gasteiger partial charge in [0.2, 0.25) is 15.9 Å². The Bertz CT molecular complexity index is 623. The van der Waals surface area contributed by atoms with Crippen molar-refractivity contribution in [3.8, 4) is 0 Å². The number of carbonyl (C=O) groups excluding carboxylic acids is 1. The van der Waals surface area contributed by atoms with Gasteiger partial charge in [-0.2, -0.15) is 0 Å². The average molecular weight is 298 g/mol. The van der Waals surface area contributed by atoms with Crippen LogP contribution in [0.3, 0.4) is 0 Å². The van der Waals surface area contributed by atoms with Crippen LogP contribution in [0, 0.1) is 16.7 Å². The Hall–Kier alpha value is -1.27. The van der Waals surface area contributed by atoms with Gasteiger partial charge in [0.1, 0.15) is 6.54 Å². The van der Waals surface area contributed by atoms with E-state index in [-0.39, 0.29) is 22.6 Å². The van der Waals surface area contributed by atoms with Crippen LogP contribution >= 0.6 is 0 Å². The highest BCUT2D eigenvalue weighted by Crippen LogP contribution is 2.69. The number of carbonyl (C=O) groups is 1. The second-order valence-corrected chi connectivity index (χ2v) is 8.55. The third-order valence-electron chi connectivity index (χ3n) is 5.93. The van der Waals surface area contributed by atoms with Gasteiger partial charge in [-0.3, -0.25) is 4.79 Å². The van der Waals surface area contributed by atoms with Crippen molar-refractivity contribution in [2.24, 2.45) is 21.9 Å². The van der Waals surface area contributed by atoms with Crippen LogP contribution in [0.25, 0.3) is 10.4 Å². The van der Waals surface area contributed by atoms with Gasteiger partial charge in [0, 0.05) is 10.3 Å². The Morgan fingerprint density at radius 1 is 1.50 bits per heavy atom. The van der Waals surface area contributed by atoms with Crippen LogP contribution in [0.5, 0.6) is 0 Å². The molecule has 2 aliphatic carbocycles. The van der Waals surface area contributed by atoms with Crippen LogP contribution in [0.4, 0.5) is 0 Å². The first-order valence-electron chi connectivity index (χ1n) is 6.82. The molecule has 3 atom stereocenters. The van der Waals surface area contributed by atoms with Crippen molar-refractivity contribution < 1.29 is 13.2 Å². The fourth-order valence-electron chi connectivity index (χ4n) is 4.78. The lowest BCUT2D eigenvalue weighted by Crippen LogP contribution is -2.44. The molecule has 1 amide bonds. The van der Waals surface area contributed by atoms with Crippen LogP contribution in [0.15, 0.2) is 5.11 Å². The fourth-order valence-corrected chi connectivity index (χ4v) is 7.32. The van der Waals surface area contributed by atoms with Gasteiger partial charge in [-0.15, -0.1) is 0 Å². The topological polar surface area (TPSA) is 103 Å². The predicted molar refractivity (Wildman–Crippen MR) is 72.0 cm³/mol. The summed E-state index contributed by atoms with van der Waals surface area (Å²) in [5.41, 5.74) is 7.93. The molecule has 1 aliphatic heterocycles. The van der Waals surface area contributed by atoms with E-state index in [1.165, 1.54) is 0 Å². The van der Waals surface area contributed by atoms with Crippen molar-refractivity contribution in [1.29, 1.82) is 0 Å². The number of fused-ring (bicyclic) bond motifs is 1. The zero-order valence-electron chi connectivity index (χ0n) is 11.6. The largest absolute Gasteiger partial charge is 0.274 e. The smallest absolute Gasteiger partial charge is 0.242 e. The lowest BCUT2D eigenvalue weighted by Gasteiger charge is -2.37. The van der Waals surface area contributed by atoms with Gasteiger partial charge >= 0.3 is 0 Å². The van der Waals surface area contributed by atoms with Crippen LogP contribution in [-0.4, -0.2) is 37.0 Å². The first kappa shape index (κ1) is 13.7. The summed E-state index contributed by atoms with van der Waals surface area (Å²) in [6.45, 7) is 3.83. The standard InChI is InChI=1S/C12H18N4O3S/c1-11(2)8-3-4-12(11)7-20(18,19)16(9(12)5-8)10(17)6-14-15-13/h8-9H,3-7H2,1-2H3/t8?,9-,12-/m0/s1. The molecule has 1 saturated heterocycles. The van der Waals surface area contributed by atoms with Gasteiger partial charge < -0.3 is 0 Å². The molecule has 0 aromatic rings. The Morgan fingerprint density at radius 2 is 2.20 bits per heavy atom. The molecule has 7 nitrogen and oxygen atoms in total. The molecule has 0 aromatic carbocycles. The van der Waals surface area contributed by atoms with Gasteiger partial charge in [0.15, 0.2) is 0 Å². The number of amides is 1. The second kappa shape index (κ2) is 3.89. The maximum atomic E-state index is 12.4. The van der Waals surface area contributed by atoms with E-state index in [0.717, 1.165) is 23.6 Å². The summed E-state index contributed by atoms with van der Waals surface area (Å²) in [5, 5.41) is 3.22. The number of rotatable bonds is 2. The van der Waals surface area contributed by atoms with Crippen LogP contribution in [-0.2, 0) is 14.8 Å². The van der Waals surface area contributed by atoms with E-state index in [1.807, 2.05) is 0 Å². The molecule has 0 radical (unpaired) electrons. The molecular weight excluding hydrogens is 280 g/mol. The molecule has 2 saturated carbocycles. The molecule has 2 bridgehead atoms. The van der Waals surface area contributed by atoms with Gasteiger partial charge in [0.25, 0.3) is 0 Å². The number of azide groups is 1. The average Bonchev–Trinajstić information content (AvgIpc) is 2.82. The van der Waals surface area contributed by atoms with Crippen LogP contribution in [0.2, 0.25) is 0 Å².